The molecule has 0 spiro atoms. The Labute approximate surface area is 111 Å². The average molecular weight is 258 g/mol. The summed E-state index contributed by atoms with van der Waals surface area (Å²) in [6, 6.07) is 8.51. The molecule has 0 saturated carbocycles. The van der Waals surface area contributed by atoms with Gasteiger partial charge in [0.2, 0.25) is 0 Å². The lowest BCUT2D eigenvalue weighted by Gasteiger charge is -2.12. The van der Waals surface area contributed by atoms with Crippen molar-refractivity contribution in [3.63, 3.8) is 0 Å². The standard InChI is InChI=1S/C14H14N2O3/c1-9-11(7-4-8-16-9)19-12-6-3-5-10(13(12)15)14(17)18-2/h3-8H,15H2,1-2H3. The van der Waals surface area contributed by atoms with Crippen LogP contribution in [0.4, 0.5) is 5.69 Å². The number of methoxy groups -OCH3 is 1. The average Bonchev–Trinajstić information content (AvgIpc) is 2.42. The van der Waals surface area contributed by atoms with Crippen molar-refractivity contribution in [3.05, 3.63) is 47.8 Å². The van der Waals surface area contributed by atoms with E-state index in [1.165, 1.54) is 7.11 Å². The number of para-hydroxylation sites is 1. The van der Waals surface area contributed by atoms with Gasteiger partial charge in [0, 0.05) is 6.20 Å². The molecular formula is C14H14N2O3. The first kappa shape index (κ1) is 12.9. The van der Waals surface area contributed by atoms with Crippen molar-refractivity contribution in [2.24, 2.45) is 0 Å². The third kappa shape index (κ3) is 2.65. The molecule has 0 unspecified atom stereocenters. The van der Waals surface area contributed by atoms with Crippen LogP contribution in [0.25, 0.3) is 0 Å². The Kier molecular flexibility index (Phi) is 3.66. The number of nitrogens with two attached hydrogens (primary N) is 1. The molecule has 0 fully saturated rings. The number of hydrogen-bond donors (Lipinski definition) is 1. The highest BCUT2D eigenvalue weighted by molar-refractivity contribution is 5.96. The molecule has 0 aliphatic heterocycles. The molecule has 0 aliphatic carbocycles. The number of carbonyl (C=O) groups is 1. The summed E-state index contributed by atoms with van der Waals surface area (Å²) < 4.78 is 10.3. The Morgan fingerprint density at radius 1 is 1.21 bits per heavy atom. The van der Waals surface area contributed by atoms with Gasteiger partial charge in [0.15, 0.2) is 5.75 Å². The number of ether oxygens (including phenoxy) is 2. The number of aromatic nitrogens is 1. The van der Waals surface area contributed by atoms with Gasteiger partial charge < -0.3 is 15.2 Å². The fraction of sp³-hybridized carbons (Fsp3) is 0.143. The van der Waals surface area contributed by atoms with Crippen LogP contribution < -0.4 is 10.5 Å². The van der Waals surface area contributed by atoms with E-state index in [1.54, 1.807) is 36.5 Å². The third-order valence-electron chi connectivity index (χ3n) is 2.65. The van der Waals surface area contributed by atoms with Crippen molar-refractivity contribution in [2.45, 2.75) is 6.92 Å². The summed E-state index contributed by atoms with van der Waals surface area (Å²) in [5.41, 5.74) is 7.18. The molecule has 2 aromatic rings. The first-order valence-corrected chi connectivity index (χ1v) is 5.69. The van der Waals surface area contributed by atoms with E-state index in [0.717, 1.165) is 5.69 Å². The summed E-state index contributed by atoms with van der Waals surface area (Å²) in [7, 11) is 1.31. The minimum absolute atomic E-state index is 0.248. The molecule has 0 radical (unpaired) electrons. The number of benzene rings is 1. The molecule has 5 heteroatoms. The van der Waals surface area contributed by atoms with Crippen LogP contribution in [0.3, 0.4) is 0 Å². The predicted molar refractivity (Wildman–Crippen MR) is 71.2 cm³/mol. The second kappa shape index (κ2) is 5.39. The van der Waals surface area contributed by atoms with E-state index in [1.807, 2.05) is 6.92 Å². The summed E-state index contributed by atoms with van der Waals surface area (Å²) in [5.74, 6) is 0.501. The molecule has 0 atom stereocenters. The Balaban J connectivity index is 2.37. The largest absolute Gasteiger partial charge is 0.465 e. The van der Waals surface area contributed by atoms with Crippen LogP contribution in [0.5, 0.6) is 11.5 Å². The number of nitrogens with zero attached hydrogens (tertiary/aromatic N) is 1. The molecule has 2 N–H and O–H groups in total. The van der Waals surface area contributed by atoms with Crippen LogP contribution in [0, 0.1) is 6.92 Å². The lowest BCUT2D eigenvalue weighted by Crippen LogP contribution is -2.06. The van der Waals surface area contributed by atoms with Gasteiger partial charge in [-0.3, -0.25) is 4.98 Å². The number of carbonyl (C=O) groups excluding carboxylic acids is 1. The third-order valence-corrected chi connectivity index (χ3v) is 2.65. The molecule has 0 bridgehead atoms. The normalized spacial score (nSPS) is 10.0. The van der Waals surface area contributed by atoms with Gasteiger partial charge in [-0.25, -0.2) is 4.79 Å². The SMILES string of the molecule is COC(=O)c1cccc(Oc2cccnc2C)c1N. The number of aryl methyl sites for hydroxylation is 1. The maximum atomic E-state index is 11.5. The van der Waals surface area contributed by atoms with Crippen LogP contribution in [-0.2, 0) is 4.74 Å². The molecule has 5 nitrogen and oxygen atoms in total. The summed E-state index contributed by atoms with van der Waals surface area (Å²) in [4.78, 5) is 15.7. The van der Waals surface area contributed by atoms with Gasteiger partial charge in [0.05, 0.1) is 24.1 Å². The van der Waals surface area contributed by atoms with Crippen LogP contribution in [-0.4, -0.2) is 18.1 Å². The highest BCUT2D eigenvalue weighted by Gasteiger charge is 2.14. The summed E-state index contributed by atoms with van der Waals surface area (Å²) in [6.07, 6.45) is 1.68. The maximum Gasteiger partial charge on any atom is 0.340 e. The van der Waals surface area contributed by atoms with Gasteiger partial charge >= 0.3 is 5.97 Å². The number of nitrogen functional groups attached to an aromatic ring is 1. The molecule has 0 aliphatic rings. The van der Waals surface area contributed by atoms with E-state index in [4.69, 9.17) is 10.5 Å². The first-order valence-electron chi connectivity index (χ1n) is 5.69. The zero-order chi connectivity index (χ0) is 13.8. The smallest absolute Gasteiger partial charge is 0.340 e. The van der Waals surface area contributed by atoms with Crippen molar-refractivity contribution in [1.82, 2.24) is 4.98 Å². The number of pyridine rings is 1. The number of esters is 1. The van der Waals surface area contributed by atoms with Crippen LogP contribution in [0.1, 0.15) is 16.1 Å². The first-order chi connectivity index (χ1) is 9.13. The molecule has 19 heavy (non-hydrogen) atoms. The predicted octanol–water partition coefficient (Wildman–Crippen LogP) is 2.55. The second-order valence-electron chi connectivity index (χ2n) is 3.90. The van der Waals surface area contributed by atoms with Crippen molar-refractivity contribution in [2.75, 3.05) is 12.8 Å². The second-order valence-corrected chi connectivity index (χ2v) is 3.90. The van der Waals surface area contributed by atoms with E-state index in [2.05, 4.69) is 9.72 Å². The van der Waals surface area contributed by atoms with E-state index >= 15 is 0 Å². The Morgan fingerprint density at radius 3 is 2.63 bits per heavy atom. The summed E-state index contributed by atoms with van der Waals surface area (Å²) in [6.45, 7) is 1.83. The minimum Gasteiger partial charge on any atom is -0.465 e. The van der Waals surface area contributed by atoms with Gasteiger partial charge in [0.25, 0.3) is 0 Å². The van der Waals surface area contributed by atoms with Gasteiger partial charge in [-0.2, -0.15) is 0 Å². The van der Waals surface area contributed by atoms with Crippen molar-refractivity contribution in [1.29, 1.82) is 0 Å². The highest BCUT2D eigenvalue weighted by atomic mass is 16.5. The summed E-state index contributed by atoms with van der Waals surface area (Å²) in [5, 5.41) is 0. The molecular weight excluding hydrogens is 244 g/mol. The molecule has 2 rings (SSSR count). The van der Waals surface area contributed by atoms with Crippen LogP contribution in [0.2, 0.25) is 0 Å². The van der Waals surface area contributed by atoms with E-state index in [-0.39, 0.29) is 11.3 Å². The quantitative estimate of drug-likeness (QED) is 0.676. The van der Waals surface area contributed by atoms with Gasteiger partial charge in [-0.15, -0.1) is 0 Å². The summed E-state index contributed by atoms with van der Waals surface area (Å²) >= 11 is 0. The maximum absolute atomic E-state index is 11.5. The highest BCUT2D eigenvalue weighted by Crippen LogP contribution is 2.31. The monoisotopic (exact) mass is 258 g/mol. The zero-order valence-corrected chi connectivity index (χ0v) is 10.7. The van der Waals surface area contributed by atoms with E-state index in [0.29, 0.717) is 11.5 Å². The molecule has 0 amide bonds. The topological polar surface area (TPSA) is 74.4 Å². The number of rotatable bonds is 3. The Morgan fingerprint density at radius 2 is 1.95 bits per heavy atom. The van der Waals surface area contributed by atoms with Gasteiger partial charge in [-0.05, 0) is 31.2 Å². The van der Waals surface area contributed by atoms with Gasteiger partial charge in [0.1, 0.15) is 5.75 Å². The minimum atomic E-state index is -0.495. The van der Waals surface area contributed by atoms with Gasteiger partial charge in [-0.1, -0.05) is 6.07 Å². The fourth-order valence-electron chi connectivity index (χ4n) is 1.62. The number of anilines is 1. The number of hydrogen-bond acceptors (Lipinski definition) is 5. The fourth-order valence-corrected chi connectivity index (χ4v) is 1.62. The van der Waals surface area contributed by atoms with Crippen molar-refractivity contribution in [3.8, 4) is 11.5 Å². The lowest BCUT2D eigenvalue weighted by molar-refractivity contribution is 0.0601. The molecule has 0 saturated heterocycles. The van der Waals surface area contributed by atoms with E-state index in [9.17, 15) is 4.79 Å². The van der Waals surface area contributed by atoms with E-state index < -0.39 is 5.97 Å². The van der Waals surface area contributed by atoms with Crippen LogP contribution in [0.15, 0.2) is 36.5 Å². The van der Waals surface area contributed by atoms with Crippen molar-refractivity contribution >= 4 is 11.7 Å². The Hall–Kier alpha value is -2.56. The van der Waals surface area contributed by atoms with Crippen molar-refractivity contribution < 1.29 is 14.3 Å². The Bertz CT molecular complexity index is 611. The molecule has 1 heterocycles. The molecule has 1 aromatic carbocycles. The van der Waals surface area contributed by atoms with Crippen LogP contribution >= 0.6 is 0 Å². The molecule has 1 aromatic heterocycles. The molecule has 98 valence electrons. The zero-order valence-electron chi connectivity index (χ0n) is 10.7. The lowest BCUT2D eigenvalue weighted by atomic mass is 10.1.